The first-order chi connectivity index (χ1) is 13.1. The number of fused-ring (bicyclic) bond motifs is 1. The Hall–Kier alpha value is -2.90. The Morgan fingerprint density at radius 2 is 1.96 bits per heavy atom. The van der Waals surface area contributed by atoms with Gasteiger partial charge in [0.1, 0.15) is 12.3 Å². The third kappa shape index (κ3) is 3.79. The average molecular weight is 382 g/mol. The number of benzene rings is 2. The van der Waals surface area contributed by atoms with Gasteiger partial charge < -0.3 is 18.5 Å². The van der Waals surface area contributed by atoms with Crippen molar-refractivity contribution in [1.82, 2.24) is 9.78 Å². The minimum Gasteiger partial charge on any atom is -0.497 e. The molecule has 27 heavy (non-hydrogen) atoms. The number of hydrogen-bond acceptors (Lipinski definition) is 5. The van der Waals surface area contributed by atoms with Gasteiger partial charge in [-0.2, -0.15) is 4.68 Å². The molecule has 0 bridgehead atoms. The van der Waals surface area contributed by atoms with E-state index in [2.05, 4.69) is 36.4 Å². The van der Waals surface area contributed by atoms with E-state index in [0.717, 1.165) is 17.7 Å². The van der Waals surface area contributed by atoms with Crippen LogP contribution in [0.4, 0.5) is 0 Å². The molecular weight excluding hydrogens is 362 g/mol. The van der Waals surface area contributed by atoms with E-state index in [4.69, 9.17) is 25.8 Å². The number of rotatable bonds is 6. The Morgan fingerprint density at radius 1 is 1.15 bits per heavy atom. The molecule has 0 fully saturated rings. The van der Waals surface area contributed by atoms with E-state index >= 15 is 0 Å². The Labute approximate surface area is 161 Å². The van der Waals surface area contributed by atoms with Crippen molar-refractivity contribution in [2.75, 3.05) is 14.2 Å². The topological polar surface area (TPSA) is 57.8 Å². The van der Waals surface area contributed by atoms with Crippen LogP contribution in [-0.2, 0) is 13.2 Å². The Balaban J connectivity index is 1.48. The lowest BCUT2D eigenvalue weighted by Gasteiger charge is -2.14. The highest BCUT2D eigenvalue weighted by atomic mass is 32.1. The molecule has 0 spiro atoms. The van der Waals surface area contributed by atoms with Crippen LogP contribution in [0.5, 0.6) is 5.75 Å². The maximum Gasteiger partial charge on any atom is 0.292 e. The summed E-state index contributed by atoms with van der Waals surface area (Å²) in [5, 5.41) is 6.78. The van der Waals surface area contributed by atoms with Crippen LogP contribution in [0.3, 0.4) is 0 Å². The summed E-state index contributed by atoms with van der Waals surface area (Å²) in [5.41, 5.74) is 1.24. The number of nitrogens with zero attached hydrogens (tertiary/aromatic N) is 2. The van der Waals surface area contributed by atoms with Gasteiger partial charge in [-0.25, -0.2) is 0 Å². The van der Waals surface area contributed by atoms with Gasteiger partial charge in [0.15, 0.2) is 12.4 Å². The molecule has 0 saturated heterocycles. The average Bonchev–Trinajstić information content (AvgIpc) is 3.31. The number of ether oxygens (including phenoxy) is 1. The van der Waals surface area contributed by atoms with Crippen molar-refractivity contribution < 1.29 is 18.5 Å². The van der Waals surface area contributed by atoms with Crippen molar-refractivity contribution in [3.8, 4) is 17.4 Å². The van der Waals surface area contributed by atoms with Crippen molar-refractivity contribution in [3.63, 3.8) is 0 Å². The maximum atomic E-state index is 5.54. The summed E-state index contributed by atoms with van der Waals surface area (Å²) >= 11 is 5.28. The predicted octanol–water partition coefficient (Wildman–Crippen LogP) is 3.30. The summed E-state index contributed by atoms with van der Waals surface area (Å²) < 4.78 is 17.8. The zero-order valence-corrected chi connectivity index (χ0v) is 16.0. The standard InChI is InChI=1S/C20H19N3O3S/c1-22(13-23-20(27)26-19(21-23)18-4-3-9-25-18)12-14-5-6-16-11-17(24-2)8-7-15(16)10-14/h3-11H,12-13H2,1-2H3/p+1. The molecule has 0 aliphatic heterocycles. The van der Waals surface area contributed by atoms with Crippen molar-refractivity contribution in [2.45, 2.75) is 13.2 Å². The van der Waals surface area contributed by atoms with E-state index in [1.807, 2.05) is 12.1 Å². The van der Waals surface area contributed by atoms with E-state index < -0.39 is 0 Å². The van der Waals surface area contributed by atoms with Gasteiger partial charge in [0.25, 0.3) is 10.7 Å². The highest BCUT2D eigenvalue weighted by molar-refractivity contribution is 7.71. The molecule has 7 heteroatoms. The van der Waals surface area contributed by atoms with Gasteiger partial charge in [-0.05, 0) is 53.3 Å². The second-order valence-corrected chi connectivity index (χ2v) is 6.84. The molecule has 1 atom stereocenters. The first-order valence-corrected chi connectivity index (χ1v) is 9.03. The Kier molecular flexibility index (Phi) is 4.79. The molecule has 1 N–H and O–H groups in total. The fraction of sp³-hybridized carbons (Fsp3) is 0.200. The van der Waals surface area contributed by atoms with Crippen molar-refractivity contribution in [2.24, 2.45) is 0 Å². The summed E-state index contributed by atoms with van der Waals surface area (Å²) in [4.78, 5) is 1.57. The van der Waals surface area contributed by atoms with Crippen LogP contribution in [0.25, 0.3) is 22.4 Å². The second kappa shape index (κ2) is 7.38. The zero-order valence-electron chi connectivity index (χ0n) is 15.1. The summed E-state index contributed by atoms with van der Waals surface area (Å²) in [6.45, 7) is 1.44. The molecule has 0 aliphatic rings. The number of hydrogen-bond donors (Lipinski definition) is 1. The van der Waals surface area contributed by atoms with E-state index in [0.29, 0.717) is 23.2 Å². The van der Waals surface area contributed by atoms with Gasteiger partial charge in [0, 0.05) is 5.56 Å². The van der Waals surface area contributed by atoms with Crippen LogP contribution in [-0.4, -0.2) is 23.9 Å². The first-order valence-electron chi connectivity index (χ1n) is 8.62. The lowest BCUT2D eigenvalue weighted by atomic mass is 10.1. The largest absolute Gasteiger partial charge is 0.497 e. The molecule has 0 radical (unpaired) electrons. The molecule has 4 rings (SSSR count). The third-order valence-corrected chi connectivity index (χ3v) is 4.67. The molecule has 2 heterocycles. The number of nitrogens with one attached hydrogen (secondary N) is 1. The van der Waals surface area contributed by atoms with Gasteiger partial charge in [-0.1, -0.05) is 18.2 Å². The number of methoxy groups -OCH3 is 1. The fourth-order valence-electron chi connectivity index (χ4n) is 3.08. The molecule has 0 aliphatic carbocycles. The van der Waals surface area contributed by atoms with Crippen LogP contribution < -0.4 is 9.64 Å². The van der Waals surface area contributed by atoms with Gasteiger partial charge in [-0.3, -0.25) is 0 Å². The quantitative estimate of drug-likeness (QED) is 0.519. The molecule has 4 aromatic rings. The number of furan rings is 1. The van der Waals surface area contributed by atoms with E-state index in [1.54, 1.807) is 30.2 Å². The molecule has 2 aromatic carbocycles. The molecular formula is C20H20N3O3S+. The van der Waals surface area contributed by atoms with E-state index in [1.165, 1.54) is 15.8 Å². The van der Waals surface area contributed by atoms with Crippen LogP contribution >= 0.6 is 12.2 Å². The minimum absolute atomic E-state index is 0.339. The van der Waals surface area contributed by atoms with Gasteiger partial charge in [0.05, 0.1) is 20.4 Å². The molecule has 138 valence electrons. The SMILES string of the molecule is COc1ccc2cc(C[NH+](C)Cn3nc(-c4ccco4)oc3=S)ccc2c1. The first kappa shape index (κ1) is 17.5. The minimum atomic E-state index is 0.339. The van der Waals surface area contributed by atoms with E-state index in [9.17, 15) is 0 Å². The number of quaternary nitrogens is 1. The highest BCUT2D eigenvalue weighted by Gasteiger charge is 2.14. The molecule has 2 aromatic heterocycles. The second-order valence-electron chi connectivity index (χ2n) is 6.49. The van der Waals surface area contributed by atoms with Crippen LogP contribution in [0.15, 0.2) is 63.6 Å². The molecule has 6 nitrogen and oxygen atoms in total. The lowest BCUT2D eigenvalue weighted by Crippen LogP contribution is -3.07. The van der Waals surface area contributed by atoms with Crippen LogP contribution in [0.1, 0.15) is 5.56 Å². The summed E-state index contributed by atoms with van der Waals surface area (Å²) in [6, 6.07) is 16.2. The summed E-state index contributed by atoms with van der Waals surface area (Å²) in [6.07, 6.45) is 1.58. The normalized spacial score (nSPS) is 12.4. The smallest absolute Gasteiger partial charge is 0.292 e. The molecule has 1 unspecified atom stereocenters. The lowest BCUT2D eigenvalue weighted by molar-refractivity contribution is -0.917. The zero-order chi connectivity index (χ0) is 18.8. The van der Waals surface area contributed by atoms with Gasteiger partial charge >= 0.3 is 0 Å². The monoisotopic (exact) mass is 382 g/mol. The third-order valence-electron chi connectivity index (χ3n) is 4.38. The molecule has 0 saturated carbocycles. The maximum absolute atomic E-state index is 5.54. The Morgan fingerprint density at radius 3 is 2.74 bits per heavy atom. The van der Waals surface area contributed by atoms with Crippen LogP contribution in [0.2, 0.25) is 0 Å². The van der Waals surface area contributed by atoms with Crippen molar-refractivity contribution >= 4 is 23.0 Å². The Bertz CT molecular complexity index is 1120. The fourth-order valence-corrected chi connectivity index (χ4v) is 3.26. The molecule has 0 amide bonds. The van der Waals surface area contributed by atoms with Crippen molar-refractivity contribution in [3.05, 3.63) is 65.2 Å². The summed E-state index contributed by atoms with van der Waals surface area (Å²) in [5.74, 6) is 1.84. The summed E-state index contributed by atoms with van der Waals surface area (Å²) in [7, 11) is 3.78. The van der Waals surface area contributed by atoms with Gasteiger partial charge in [0.2, 0.25) is 0 Å². The predicted molar refractivity (Wildman–Crippen MR) is 104 cm³/mol. The van der Waals surface area contributed by atoms with Gasteiger partial charge in [-0.15, -0.1) is 5.10 Å². The highest BCUT2D eigenvalue weighted by Crippen LogP contribution is 2.21. The van der Waals surface area contributed by atoms with E-state index in [-0.39, 0.29) is 0 Å². The van der Waals surface area contributed by atoms with Crippen LogP contribution in [0, 0.1) is 4.84 Å². The number of aromatic nitrogens is 2. The van der Waals surface area contributed by atoms with Crippen molar-refractivity contribution in [1.29, 1.82) is 0 Å².